The summed E-state index contributed by atoms with van der Waals surface area (Å²) in [5, 5.41) is 2.24. The van der Waals surface area contributed by atoms with Crippen LogP contribution in [-0.4, -0.2) is 8.42 Å². The van der Waals surface area contributed by atoms with Crippen LogP contribution in [0.25, 0.3) is 6.08 Å². The van der Waals surface area contributed by atoms with Gasteiger partial charge in [0.2, 0.25) is 0 Å². The van der Waals surface area contributed by atoms with Gasteiger partial charge in [-0.15, -0.1) is 0 Å². The van der Waals surface area contributed by atoms with Crippen LogP contribution >= 0.6 is 39.1 Å². The minimum absolute atomic E-state index is 0.0746. The molecular weight excluding hydrogens is 395 g/mol. The van der Waals surface area contributed by atoms with E-state index in [9.17, 15) is 8.42 Å². The molecule has 2 rings (SSSR count). The van der Waals surface area contributed by atoms with E-state index in [0.717, 1.165) is 4.47 Å². The molecule has 0 N–H and O–H groups in total. The van der Waals surface area contributed by atoms with E-state index in [1.807, 2.05) is 0 Å². The second-order valence-electron chi connectivity index (χ2n) is 4.40. The van der Waals surface area contributed by atoms with Crippen molar-refractivity contribution in [3.05, 3.63) is 73.5 Å². The van der Waals surface area contributed by atoms with Gasteiger partial charge in [-0.2, -0.15) is 0 Å². The van der Waals surface area contributed by atoms with Crippen LogP contribution in [0.2, 0.25) is 10.0 Å². The summed E-state index contributed by atoms with van der Waals surface area (Å²) in [6, 6.07) is 12.0. The van der Waals surface area contributed by atoms with Crippen molar-refractivity contribution in [3.8, 4) is 0 Å². The van der Waals surface area contributed by atoms with Gasteiger partial charge in [-0.1, -0.05) is 57.3 Å². The Morgan fingerprint density at radius 3 is 2.33 bits per heavy atom. The first kappa shape index (κ1) is 16.6. The van der Waals surface area contributed by atoms with Gasteiger partial charge in [-0.05, 0) is 41.5 Å². The van der Waals surface area contributed by atoms with Crippen molar-refractivity contribution in [1.82, 2.24) is 0 Å². The predicted molar refractivity (Wildman–Crippen MR) is 92.3 cm³/mol. The maximum atomic E-state index is 12.1. The lowest BCUT2D eigenvalue weighted by Gasteiger charge is -2.01. The van der Waals surface area contributed by atoms with Crippen molar-refractivity contribution in [2.75, 3.05) is 0 Å². The Morgan fingerprint density at radius 1 is 1.05 bits per heavy atom. The Morgan fingerprint density at radius 2 is 1.71 bits per heavy atom. The summed E-state index contributed by atoms with van der Waals surface area (Å²) in [4.78, 5) is 0. The predicted octanol–water partition coefficient (Wildman–Crippen LogP) is 5.34. The fourth-order valence-electron chi connectivity index (χ4n) is 1.67. The normalized spacial score (nSPS) is 12.0. The number of hydrogen-bond donors (Lipinski definition) is 0. The molecule has 21 heavy (non-hydrogen) atoms. The van der Waals surface area contributed by atoms with Gasteiger partial charge >= 0.3 is 0 Å². The minimum Gasteiger partial charge on any atom is -0.224 e. The molecule has 0 amide bonds. The lowest BCUT2D eigenvalue weighted by atomic mass is 10.2. The average Bonchev–Trinajstić information content (AvgIpc) is 2.40. The molecule has 0 aliphatic carbocycles. The first-order valence-electron chi connectivity index (χ1n) is 5.96. The van der Waals surface area contributed by atoms with Gasteiger partial charge < -0.3 is 0 Å². The topological polar surface area (TPSA) is 34.1 Å². The van der Waals surface area contributed by atoms with Crippen molar-refractivity contribution in [1.29, 1.82) is 0 Å². The molecule has 0 aliphatic heterocycles. The highest BCUT2D eigenvalue weighted by Gasteiger charge is 2.08. The third-order valence-corrected chi connectivity index (χ3v) is 5.06. The van der Waals surface area contributed by atoms with Crippen molar-refractivity contribution in [3.63, 3.8) is 0 Å². The fraction of sp³-hybridized carbons (Fsp3) is 0.0667. The second-order valence-corrected chi connectivity index (χ2v) is 8.05. The summed E-state index contributed by atoms with van der Waals surface area (Å²) < 4.78 is 25.0. The zero-order valence-corrected chi connectivity index (χ0v) is 14.7. The summed E-state index contributed by atoms with van der Waals surface area (Å²) in [7, 11) is -3.37. The van der Waals surface area contributed by atoms with Gasteiger partial charge in [0.05, 0.1) is 5.75 Å². The summed E-state index contributed by atoms with van der Waals surface area (Å²) >= 11 is 15.1. The van der Waals surface area contributed by atoms with Crippen molar-refractivity contribution < 1.29 is 8.42 Å². The van der Waals surface area contributed by atoms with Crippen molar-refractivity contribution in [2.24, 2.45) is 0 Å². The lowest BCUT2D eigenvalue weighted by Crippen LogP contribution is -1.99. The highest BCUT2D eigenvalue weighted by molar-refractivity contribution is 9.10. The first-order valence-corrected chi connectivity index (χ1v) is 9.22. The molecule has 0 radical (unpaired) electrons. The Hall–Kier alpha value is -0.810. The molecule has 0 aliphatic rings. The third-order valence-electron chi connectivity index (χ3n) is 2.70. The standard InChI is InChI=1S/C15H11BrCl2O2S/c16-13-4-3-12(15(18)9-13)7-8-21(19,20)10-11-1-5-14(17)6-2-11/h1-9H,10H2/b8-7+. The molecule has 0 spiro atoms. The van der Waals surface area contributed by atoms with Crippen LogP contribution in [0, 0.1) is 0 Å². The van der Waals surface area contributed by atoms with E-state index >= 15 is 0 Å². The SMILES string of the molecule is O=S(=O)(/C=C/c1ccc(Br)cc1Cl)Cc1ccc(Cl)cc1. The van der Waals surface area contributed by atoms with E-state index < -0.39 is 9.84 Å². The van der Waals surface area contributed by atoms with Gasteiger partial charge in [0.15, 0.2) is 9.84 Å². The van der Waals surface area contributed by atoms with E-state index in [1.165, 1.54) is 11.5 Å². The molecular formula is C15H11BrCl2O2S. The summed E-state index contributed by atoms with van der Waals surface area (Å²) in [5.74, 6) is -0.0746. The number of hydrogen-bond acceptors (Lipinski definition) is 2. The monoisotopic (exact) mass is 404 g/mol. The van der Waals surface area contributed by atoms with E-state index in [1.54, 1.807) is 42.5 Å². The van der Waals surface area contributed by atoms with Crippen LogP contribution in [0.3, 0.4) is 0 Å². The number of rotatable bonds is 4. The van der Waals surface area contributed by atoms with E-state index in [0.29, 0.717) is 21.2 Å². The van der Waals surface area contributed by atoms with Gasteiger partial charge in [0.1, 0.15) is 0 Å². The number of halogens is 3. The van der Waals surface area contributed by atoms with E-state index in [4.69, 9.17) is 23.2 Å². The van der Waals surface area contributed by atoms with Crippen LogP contribution < -0.4 is 0 Å². The molecule has 2 aromatic carbocycles. The van der Waals surface area contributed by atoms with Crippen molar-refractivity contribution >= 4 is 55.0 Å². The highest BCUT2D eigenvalue weighted by atomic mass is 79.9. The molecule has 0 unspecified atom stereocenters. The van der Waals surface area contributed by atoms with Crippen LogP contribution in [0.4, 0.5) is 0 Å². The van der Waals surface area contributed by atoms with Crippen LogP contribution in [0.15, 0.2) is 52.3 Å². The molecule has 110 valence electrons. The highest BCUT2D eigenvalue weighted by Crippen LogP contribution is 2.23. The van der Waals surface area contributed by atoms with Crippen LogP contribution in [0.5, 0.6) is 0 Å². The van der Waals surface area contributed by atoms with E-state index in [2.05, 4.69) is 15.9 Å². The smallest absolute Gasteiger partial charge is 0.175 e. The maximum absolute atomic E-state index is 12.1. The molecule has 2 aromatic rings. The fourth-order valence-corrected chi connectivity index (χ4v) is 3.64. The molecule has 0 atom stereocenters. The zero-order chi connectivity index (χ0) is 15.5. The molecule has 2 nitrogen and oxygen atoms in total. The second kappa shape index (κ2) is 6.97. The lowest BCUT2D eigenvalue weighted by molar-refractivity contribution is 0.604. The van der Waals surface area contributed by atoms with Crippen LogP contribution in [-0.2, 0) is 15.6 Å². The van der Waals surface area contributed by atoms with Crippen molar-refractivity contribution in [2.45, 2.75) is 5.75 Å². The molecule has 6 heteroatoms. The van der Waals surface area contributed by atoms with Gasteiger partial charge in [0, 0.05) is 19.9 Å². The Kier molecular flexibility index (Phi) is 5.49. The number of benzene rings is 2. The molecule has 0 saturated carbocycles. The maximum Gasteiger partial charge on any atom is 0.175 e. The van der Waals surface area contributed by atoms with Gasteiger partial charge in [-0.25, -0.2) is 8.42 Å². The molecule has 0 fully saturated rings. The van der Waals surface area contributed by atoms with Gasteiger partial charge in [-0.3, -0.25) is 0 Å². The molecule has 0 saturated heterocycles. The molecule has 0 aromatic heterocycles. The van der Waals surface area contributed by atoms with Gasteiger partial charge in [0.25, 0.3) is 0 Å². The summed E-state index contributed by atoms with van der Waals surface area (Å²) in [5.41, 5.74) is 1.34. The molecule has 0 heterocycles. The van der Waals surface area contributed by atoms with Crippen LogP contribution in [0.1, 0.15) is 11.1 Å². The largest absolute Gasteiger partial charge is 0.224 e. The van der Waals surface area contributed by atoms with E-state index in [-0.39, 0.29) is 5.75 Å². The summed E-state index contributed by atoms with van der Waals surface area (Å²) in [6.07, 6.45) is 1.50. The number of sulfone groups is 1. The molecule has 0 bridgehead atoms. The Bertz CT molecular complexity index is 769. The first-order chi connectivity index (χ1) is 9.85. The Balaban J connectivity index is 2.16. The average molecular weight is 406 g/mol. The quantitative estimate of drug-likeness (QED) is 0.687. The Labute approximate surface area is 142 Å². The minimum atomic E-state index is -3.37. The zero-order valence-electron chi connectivity index (χ0n) is 10.8. The summed E-state index contributed by atoms with van der Waals surface area (Å²) in [6.45, 7) is 0. The third kappa shape index (κ3) is 5.15.